The number of amides is 1. The van der Waals surface area contributed by atoms with E-state index in [4.69, 9.17) is 10.5 Å². The Labute approximate surface area is 191 Å². The van der Waals surface area contributed by atoms with Crippen molar-refractivity contribution in [3.63, 3.8) is 0 Å². The van der Waals surface area contributed by atoms with E-state index in [1.807, 2.05) is 0 Å². The van der Waals surface area contributed by atoms with Crippen molar-refractivity contribution in [3.05, 3.63) is 59.2 Å². The van der Waals surface area contributed by atoms with Gasteiger partial charge < -0.3 is 15.4 Å². The number of nitrogen functional groups attached to an aromatic ring is 1. The number of carbonyl (C=O) groups is 1. The second-order valence-electron chi connectivity index (χ2n) is 8.69. The minimum atomic E-state index is -4.54. The summed E-state index contributed by atoms with van der Waals surface area (Å²) in [6.45, 7) is 1.86. The lowest BCUT2D eigenvalue weighted by atomic mass is 10.0. The topological polar surface area (TPSA) is 98.6 Å². The van der Waals surface area contributed by atoms with E-state index in [2.05, 4.69) is 15.0 Å². The van der Waals surface area contributed by atoms with Crippen LogP contribution < -0.4 is 10.5 Å². The zero-order chi connectivity index (χ0) is 23.8. The summed E-state index contributed by atoms with van der Waals surface area (Å²) in [5, 5.41) is 0. The van der Waals surface area contributed by atoms with Gasteiger partial charge in [-0.05, 0) is 43.5 Å². The van der Waals surface area contributed by atoms with E-state index >= 15 is 0 Å². The van der Waals surface area contributed by atoms with E-state index in [1.165, 1.54) is 0 Å². The zero-order valence-electron chi connectivity index (χ0n) is 18.0. The van der Waals surface area contributed by atoms with Crippen LogP contribution in [0, 0.1) is 6.92 Å². The van der Waals surface area contributed by atoms with E-state index in [0.29, 0.717) is 33.5 Å². The summed E-state index contributed by atoms with van der Waals surface area (Å²) in [6.07, 6.45) is 0.971. The second-order valence-corrected chi connectivity index (χ2v) is 8.69. The number of hydrogen-bond donors (Lipinski definition) is 1. The number of fused-ring (bicyclic) bond motifs is 4. The average Bonchev–Trinajstić information content (AvgIpc) is 3.32. The fourth-order valence-corrected chi connectivity index (χ4v) is 4.57. The lowest BCUT2D eigenvalue weighted by molar-refractivity contribution is -0.137. The van der Waals surface area contributed by atoms with Crippen molar-refractivity contribution in [2.75, 3.05) is 12.3 Å². The predicted molar refractivity (Wildman–Crippen MR) is 116 cm³/mol. The molecule has 0 spiro atoms. The average molecular weight is 468 g/mol. The van der Waals surface area contributed by atoms with E-state index in [0.717, 1.165) is 25.1 Å². The van der Waals surface area contributed by atoms with Crippen LogP contribution in [-0.4, -0.2) is 42.8 Å². The van der Waals surface area contributed by atoms with E-state index < -0.39 is 17.8 Å². The van der Waals surface area contributed by atoms with Gasteiger partial charge in [0.25, 0.3) is 5.91 Å². The third-order valence-electron chi connectivity index (χ3n) is 6.41. The number of hydrogen-bond acceptors (Lipinski definition) is 6. The van der Waals surface area contributed by atoms with Gasteiger partial charge in [-0.15, -0.1) is 0 Å². The smallest absolute Gasteiger partial charge is 0.417 e. The minimum Gasteiger partial charge on any atom is -0.475 e. The van der Waals surface area contributed by atoms with Crippen LogP contribution >= 0.6 is 0 Å². The van der Waals surface area contributed by atoms with E-state index in [9.17, 15) is 18.0 Å². The fourth-order valence-electron chi connectivity index (χ4n) is 4.57. The molecule has 0 saturated heterocycles. The Balaban J connectivity index is 1.45. The van der Waals surface area contributed by atoms with Gasteiger partial charge >= 0.3 is 6.18 Å². The standard InChI is InChI=1S/C23H19F3N6O2/c1-11-4-16-17(31-10-28-8-18(31)20(27)30-16)6-14(11)22(33)32(13-2-3-13)19-9-34-21-15(19)5-12(7-29-21)23(24,25)26/h4-8,10,13,19H,2-3,9H2,1H3,(H2,27,30)/t19-/m1/s1. The number of carbonyl (C=O) groups excluding carboxylic acids is 1. The van der Waals surface area contributed by atoms with Crippen LogP contribution in [0.15, 0.2) is 36.9 Å². The SMILES string of the molecule is Cc1cc2nc(N)c3cncn3c2cc1C(=O)N(C1CC1)[C@@H]1COc2ncc(C(F)(F)F)cc21. The quantitative estimate of drug-likeness (QED) is 0.489. The van der Waals surface area contributed by atoms with Crippen molar-refractivity contribution in [2.45, 2.75) is 38.0 Å². The Morgan fingerprint density at radius 2 is 2.00 bits per heavy atom. The maximum absolute atomic E-state index is 13.9. The molecule has 3 aromatic heterocycles. The number of rotatable bonds is 3. The van der Waals surface area contributed by atoms with Crippen molar-refractivity contribution >= 4 is 28.3 Å². The summed E-state index contributed by atoms with van der Waals surface area (Å²) in [4.78, 5) is 27.9. The van der Waals surface area contributed by atoms with Crippen LogP contribution in [0.2, 0.25) is 0 Å². The first-order valence-corrected chi connectivity index (χ1v) is 10.8. The maximum Gasteiger partial charge on any atom is 0.417 e. The Morgan fingerprint density at radius 1 is 1.21 bits per heavy atom. The molecular formula is C23H19F3N6O2. The molecule has 1 fully saturated rings. The number of nitrogens with zero attached hydrogens (tertiary/aromatic N) is 5. The molecule has 4 aromatic rings. The van der Waals surface area contributed by atoms with Crippen molar-refractivity contribution in [1.82, 2.24) is 24.3 Å². The molecule has 0 unspecified atom stereocenters. The van der Waals surface area contributed by atoms with Gasteiger partial charge in [-0.2, -0.15) is 13.2 Å². The highest BCUT2D eigenvalue weighted by molar-refractivity contribution is 6.00. The third kappa shape index (κ3) is 3.14. The van der Waals surface area contributed by atoms with Gasteiger partial charge in [0.1, 0.15) is 17.9 Å². The van der Waals surface area contributed by atoms with E-state index in [1.54, 1.807) is 40.9 Å². The first kappa shape index (κ1) is 20.7. The number of imidazole rings is 1. The number of anilines is 1. The molecule has 2 N–H and O–H groups in total. The summed E-state index contributed by atoms with van der Waals surface area (Å²) in [5.74, 6) is 0.188. The van der Waals surface area contributed by atoms with E-state index in [-0.39, 0.29) is 30.0 Å². The highest BCUT2D eigenvalue weighted by Crippen LogP contribution is 2.43. The number of nitrogens with two attached hydrogens (primary N) is 1. The van der Waals surface area contributed by atoms with Gasteiger partial charge in [0.15, 0.2) is 0 Å². The number of halogens is 3. The lowest BCUT2D eigenvalue weighted by Crippen LogP contribution is -2.38. The number of alkyl halides is 3. The van der Waals surface area contributed by atoms with Crippen molar-refractivity contribution in [1.29, 1.82) is 0 Å². The number of aromatic nitrogens is 4. The summed E-state index contributed by atoms with van der Waals surface area (Å²) < 4.78 is 47.3. The van der Waals surface area contributed by atoms with Crippen LogP contribution in [-0.2, 0) is 6.18 Å². The van der Waals surface area contributed by atoms with Gasteiger partial charge in [-0.25, -0.2) is 15.0 Å². The molecule has 1 aromatic carbocycles. The Hall–Kier alpha value is -3.89. The van der Waals surface area contributed by atoms with Crippen LogP contribution in [0.25, 0.3) is 16.6 Å². The Morgan fingerprint density at radius 3 is 2.74 bits per heavy atom. The first-order chi connectivity index (χ1) is 16.2. The number of aryl methyl sites for hydroxylation is 1. The number of benzene rings is 1. The minimum absolute atomic E-state index is 0.0579. The number of pyridine rings is 1. The highest BCUT2D eigenvalue weighted by Gasteiger charge is 2.44. The monoisotopic (exact) mass is 468 g/mol. The summed E-state index contributed by atoms with van der Waals surface area (Å²) >= 11 is 0. The molecule has 6 rings (SSSR count). The molecular weight excluding hydrogens is 449 g/mol. The fraction of sp³-hybridized carbons (Fsp3) is 0.304. The first-order valence-electron chi connectivity index (χ1n) is 10.8. The van der Waals surface area contributed by atoms with Crippen molar-refractivity contribution < 1.29 is 22.7 Å². The third-order valence-corrected chi connectivity index (χ3v) is 6.41. The molecule has 34 heavy (non-hydrogen) atoms. The van der Waals surface area contributed by atoms with Gasteiger partial charge in [0.2, 0.25) is 5.88 Å². The van der Waals surface area contributed by atoms with Crippen LogP contribution in [0.1, 0.15) is 45.9 Å². The molecule has 0 radical (unpaired) electrons. The number of ether oxygens (including phenoxy) is 1. The van der Waals surface area contributed by atoms with Crippen LogP contribution in [0.5, 0.6) is 5.88 Å². The van der Waals surface area contributed by atoms with Gasteiger partial charge in [0, 0.05) is 23.4 Å². The Bertz CT molecular complexity index is 1480. The van der Waals surface area contributed by atoms with Crippen LogP contribution in [0.3, 0.4) is 0 Å². The largest absolute Gasteiger partial charge is 0.475 e. The summed E-state index contributed by atoms with van der Waals surface area (Å²) in [7, 11) is 0. The maximum atomic E-state index is 13.9. The molecule has 4 heterocycles. The van der Waals surface area contributed by atoms with Crippen molar-refractivity contribution in [3.8, 4) is 5.88 Å². The van der Waals surface area contributed by atoms with Gasteiger partial charge in [-0.3, -0.25) is 9.20 Å². The van der Waals surface area contributed by atoms with Crippen LogP contribution in [0.4, 0.5) is 19.0 Å². The molecule has 1 aliphatic carbocycles. The predicted octanol–water partition coefficient (Wildman–Crippen LogP) is 3.93. The highest BCUT2D eigenvalue weighted by atomic mass is 19.4. The molecule has 1 amide bonds. The lowest BCUT2D eigenvalue weighted by Gasteiger charge is -2.29. The molecule has 8 nitrogen and oxygen atoms in total. The zero-order valence-corrected chi connectivity index (χ0v) is 18.0. The normalized spacial score (nSPS) is 17.7. The molecule has 11 heteroatoms. The molecule has 1 atom stereocenters. The second kappa shape index (κ2) is 7.05. The molecule has 0 bridgehead atoms. The molecule has 1 saturated carbocycles. The molecule has 1 aliphatic heterocycles. The molecule has 174 valence electrons. The van der Waals surface area contributed by atoms with Crippen molar-refractivity contribution in [2.24, 2.45) is 0 Å². The van der Waals surface area contributed by atoms with Gasteiger partial charge in [0.05, 0.1) is 35.2 Å². The Kier molecular flexibility index (Phi) is 4.29. The molecule has 2 aliphatic rings. The van der Waals surface area contributed by atoms with Gasteiger partial charge in [-0.1, -0.05) is 0 Å². The summed E-state index contributed by atoms with van der Waals surface area (Å²) in [5.41, 5.74) is 8.48. The summed E-state index contributed by atoms with van der Waals surface area (Å²) in [6, 6.07) is 3.83.